The van der Waals surface area contributed by atoms with Crippen molar-refractivity contribution in [1.29, 1.82) is 0 Å². The van der Waals surface area contributed by atoms with E-state index in [-0.39, 0.29) is 0 Å². The lowest BCUT2D eigenvalue weighted by molar-refractivity contribution is 1.47. The van der Waals surface area contributed by atoms with E-state index in [0.717, 1.165) is 0 Å². The van der Waals surface area contributed by atoms with Crippen molar-refractivity contribution >= 4 is 32.3 Å². The molecule has 0 heteroatoms. The first kappa shape index (κ1) is 12.7. The van der Waals surface area contributed by atoms with E-state index in [2.05, 4.69) is 85.8 Å². The van der Waals surface area contributed by atoms with Gasteiger partial charge >= 0.3 is 0 Å². The van der Waals surface area contributed by atoms with E-state index in [1.807, 2.05) is 0 Å². The van der Waals surface area contributed by atoms with Crippen LogP contribution in [0.5, 0.6) is 0 Å². The summed E-state index contributed by atoms with van der Waals surface area (Å²) in [4.78, 5) is 0. The lowest BCUT2D eigenvalue weighted by atomic mass is 9.91. The first-order valence-corrected chi connectivity index (χ1v) is 8.04. The summed E-state index contributed by atoms with van der Waals surface area (Å²) in [5, 5.41) is 8.06. The zero-order chi connectivity index (χ0) is 15.4. The summed E-state index contributed by atoms with van der Waals surface area (Å²) >= 11 is 0. The van der Waals surface area contributed by atoms with Gasteiger partial charge in [-0.05, 0) is 62.5 Å². The van der Waals surface area contributed by atoms with Gasteiger partial charge in [0.25, 0.3) is 0 Å². The average molecular weight is 292 g/mol. The van der Waals surface area contributed by atoms with Crippen LogP contribution in [0.4, 0.5) is 0 Å². The fourth-order valence-corrected chi connectivity index (χ4v) is 3.67. The average Bonchev–Trinajstić information content (AvgIpc) is 2.60. The van der Waals surface area contributed by atoms with Crippen LogP contribution in [0.2, 0.25) is 0 Å². The van der Waals surface area contributed by atoms with Crippen LogP contribution in [0, 0.1) is 6.92 Å². The maximum absolute atomic E-state index is 2.32. The van der Waals surface area contributed by atoms with Gasteiger partial charge in [-0.25, -0.2) is 0 Å². The maximum Gasteiger partial charge on any atom is -0.00264 e. The molecule has 0 atom stereocenters. The molecule has 0 radical (unpaired) electrons. The fourth-order valence-electron chi connectivity index (χ4n) is 3.67. The molecule has 0 nitrogen and oxygen atoms in total. The minimum absolute atomic E-state index is 1.28. The smallest absolute Gasteiger partial charge is 0.00264 e. The van der Waals surface area contributed by atoms with Gasteiger partial charge in [-0.1, -0.05) is 72.3 Å². The number of benzene rings is 5. The molecule has 0 spiro atoms. The molecule has 0 amide bonds. The zero-order valence-corrected chi connectivity index (χ0v) is 13.0. The van der Waals surface area contributed by atoms with Gasteiger partial charge in [-0.15, -0.1) is 0 Å². The predicted octanol–water partition coefficient (Wildman–Crippen LogP) is 6.56. The van der Waals surface area contributed by atoms with E-state index in [9.17, 15) is 0 Å². The summed E-state index contributed by atoms with van der Waals surface area (Å²) in [7, 11) is 0. The molecule has 0 aliphatic rings. The molecule has 108 valence electrons. The second-order valence-electron chi connectivity index (χ2n) is 6.37. The third-order valence-corrected chi connectivity index (χ3v) is 4.85. The van der Waals surface area contributed by atoms with Gasteiger partial charge in [-0.2, -0.15) is 0 Å². The van der Waals surface area contributed by atoms with Crippen LogP contribution < -0.4 is 0 Å². The lowest BCUT2D eigenvalue weighted by Crippen LogP contribution is -1.86. The third kappa shape index (κ3) is 1.85. The van der Waals surface area contributed by atoms with Gasteiger partial charge in [0, 0.05) is 0 Å². The van der Waals surface area contributed by atoms with E-state index in [0.29, 0.717) is 0 Å². The Bertz CT molecular complexity index is 1080. The Kier molecular flexibility index (Phi) is 2.51. The minimum Gasteiger partial charge on any atom is -0.0610 e. The Morgan fingerprint density at radius 3 is 1.61 bits per heavy atom. The summed E-state index contributed by atoms with van der Waals surface area (Å²) in [6.45, 7) is 2.13. The van der Waals surface area contributed by atoms with E-state index < -0.39 is 0 Å². The van der Waals surface area contributed by atoms with Crippen molar-refractivity contribution in [2.45, 2.75) is 6.92 Å². The fraction of sp³-hybridized carbons (Fsp3) is 0.0435. The van der Waals surface area contributed by atoms with Crippen molar-refractivity contribution in [3.63, 3.8) is 0 Å². The molecule has 0 bridgehead atoms. The van der Waals surface area contributed by atoms with Crippen molar-refractivity contribution in [3.05, 3.63) is 84.4 Å². The third-order valence-electron chi connectivity index (χ3n) is 4.85. The van der Waals surface area contributed by atoms with Crippen molar-refractivity contribution in [3.8, 4) is 11.1 Å². The Hall–Kier alpha value is -2.86. The Balaban J connectivity index is 1.89. The van der Waals surface area contributed by atoms with Gasteiger partial charge in [0.05, 0.1) is 0 Å². The highest BCUT2D eigenvalue weighted by Crippen LogP contribution is 2.37. The molecule has 5 rings (SSSR count). The molecule has 0 N–H and O–H groups in total. The van der Waals surface area contributed by atoms with Crippen molar-refractivity contribution in [1.82, 2.24) is 0 Å². The van der Waals surface area contributed by atoms with Crippen LogP contribution in [0.15, 0.2) is 78.9 Å². The molecule has 5 aromatic carbocycles. The van der Waals surface area contributed by atoms with E-state index in [4.69, 9.17) is 0 Å². The van der Waals surface area contributed by atoms with Crippen LogP contribution in [0.25, 0.3) is 43.4 Å². The standard InChI is InChI=1S/C23H16/c1-15-5-7-16(8-6-15)21-13-19-11-9-17-3-2-4-18-10-12-20(14-21)23(19)22(17)18/h2-14H,1H3. The molecular weight excluding hydrogens is 276 g/mol. The summed E-state index contributed by atoms with van der Waals surface area (Å²) in [5.41, 5.74) is 3.86. The normalized spacial score (nSPS) is 11.7. The molecule has 0 saturated carbocycles. The topological polar surface area (TPSA) is 0 Å². The molecule has 0 heterocycles. The van der Waals surface area contributed by atoms with E-state index >= 15 is 0 Å². The van der Waals surface area contributed by atoms with Crippen LogP contribution in [-0.4, -0.2) is 0 Å². The lowest BCUT2D eigenvalue weighted by Gasteiger charge is -2.12. The quantitative estimate of drug-likeness (QED) is 0.307. The monoisotopic (exact) mass is 292 g/mol. The summed E-state index contributed by atoms with van der Waals surface area (Å²) in [6.07, 6.45) is 0. The van der Waals surface area contributed by atoms with Crippen molar-refractivity contribution in [2.24, 2.45) is 0 Å². The molecule has 23 heavy (non-hydrogen) atoms. The second-order valence-corrected chi connectivity index (χ2v) is 6.37. The first-order valence-electron chi connectivity index (χ1n) is 8.04. The summed E-state index contributed by atoms with van der Waals surface area (Å²) in [5.74, 6) is 0. The Morgan fingerprint density at radius 2 is 1.00 bits per heavy atom. The van der Waals surface area contributed by atoms with Gasteiger partial charge in [-0.3, -0.25) is 0 Å². The second kappa shape index (κ2) is 4.57. The molecule has 0 aliphatic heterocycles. The number of aryl methyl sites for hydroxylation is 1. The molecule has 0 aliphatic carbocycles. The number of hydrogen-bond donors (Lipinski definition) is 0. The minimum atomic E-state index is 1.28. The van der Waals surface area contributed by atoms with Crippen LogP contribution in [0.3, 0.4) is 0 Å². The van der Waals surface area contributed by atoms with E-state index in [1.165, 1.54) is 49.0 Å². The highest BCUT2D eigenvalue weighted by molar-refractivity contribution is 6.23. The number of rotatable bonds is 1. The van der Waals surface area contributed by atoms with Gasteiger partial charge in [0.2, 0.25) is 0 Å². The molecule has 0 unspecified atom stereocenters. The Labute approximate surface area is 135 Å². The molecule has 0 fully saturated rings. The summed E-state index contributed by atoms with van der Waals surface area (Å²) < 4.78 is 0. The zero-order valence-electron chi connectivity index (χ0n) is 13.0. The van der Waals surface area contributed by atoms with Gasteiger partial charge in [0.1, 0.15) is 0 Å². The van der Waals surface area contributed by atoms with Crippen molar-refractivity contribution in [2.75, 3.05) is 0 Å². The molecule has 5 aromatic rings. The van der Waals surface area contributed by atoms with Crippen LogP contribution in [-0.2, 0) is 0 Å². The SMILES string of the molecule is Cc1ccc(-c2cc3ccc4cccc5ccc(c2)c3c45)cc1. The molecule has 0 saturated heterocycles. The first-order chi connectivity index (χ1) is 11.3. The largest absolute Gasteiger partial charge is 0.0610 e. The van der Waals surface area contributed by atoms with Crippen molar-refractivity contribution < 1.29 is 0 Å². The highest BCUT2D eigenvalue weighted by Gasteiger charge is 2.09. The summed E-state index contributed by atoms with van der Waals surface area (Å²) in [6, 6.07) is 28.9. The highest BCUT2D eigenvalue weighted by atomic mass is 14.1. The van der Waals surface area contributed by atoms with Gasteiger partial charge in [0.15, 0.2) is 0 Å². The Morgan fingerprint density at radius 1 is 0.478 bits per heavy atom. The van der Waals surface area contributed by atoms with Crippen LogP contribution in [0.1, 0.15) is 5.56 Å². The van der Waals surface area contributed by atoms with E-state index in [1.54, 1.807) is 0 Å². The maximum atomic E-state index is 2.32. The molecular formula is C23H16. The van der Waals surface area contributed by atoms with Crippen LogP contribution >= 0.6 is 0 Å². The molecule has 0 aromatic heterocycles. The predicted molar refractivity (Wildman–Crippen MR) is 100 cm³/mol. The number of hydrogen-bond acceptors (Lipinski definition) is 0. The van der Waals surface area contributed by atoms with Gasteiger partial charge < -0.3 is 0 Å².